The minimum absolute atomic E-state index is 0.00416. The predicted molar refractivity (Wildman–Crippen MR) is 71.5 cm³/mol. The van der Waals surface area contributed by atoms with Gasteiger partial charge in [-0.15, -0.1) is 0 Å². The van der Waals surface area contributed by atoms with Crippen molar-refractivity contribution in [3.05, 3.63) is 29.6 Å². The van der Waals surface area contributed by atoms with Crippen molar-refractivity contribution in [2.75, 3.05) is 6.54 Å². The summed E-state index contributed by atoms with van der Waals surface area (Å²) in [5.41, 5.74) is 4.94. The summed E-state index contributed by atoms with van der Waals surface area (Å²) < 4.78 is 37.2. The molecule has 4 nitrogen and oxygen atoms in total. The Labute approximate surface area is 120 Å². The average Bonchev–Trinajstić information content (AvgIpc) is 2.45. The number of nitrogens with two attached hydrogens (primary N) is 1. The van der Waals surface area contributed by atoms with Crippen LogP contribution in [0.1, 0.15) is 41.7 Å². The highest BCUT2D eigenvalue weighted by molar-refractivity contribution is 5.92. The lowest BCUT2D eigenvalue weighted by Crippen LogP contribution is -2.34. The van der Waals surface area contributed by atoms with Gasteiger partial charge >= 0.3 is 6.18 Å². The van der Waals surface area contributed by atoms with E-state index >= 15 is 0 Å². The number of hydrogen-bond donors (Lipinski definition) is 2. The molecule has 0 bridgehead atoms. The second kappa shape index (κ2) is 6.43. The van der Waals surface area contributed by atoms with Gasteiger partial charge in [0.2, 0.25) is 0 Å². The summed E-state index contributed by atoms with van der Waals surface area (Å²) >= 11 is 0. The van der Waals surface area contributed by atoms with Crippen LogP contribution in [0.2, 0.25) is 0 Å². The lowest BCUT2D eigenvalue weighted by atomic mass is 9.86. The molecule has 1 aromatic heterocycles. The number of hydrogen-bond acceptors (Lipinski definition) is 3. The second-order valence-corrected chi connectivity index (χ2v) is 5.42. The number of amides is 1. The van der Waals surface area contributed by atoms with Crippen molar-refractivity contribution in [1.29, 1.82) is 0 Å². The van der Waals surface area contributed by atoms with E-state index in [-0.39, 0.29) is 11.7 Å². The number of pyridine rings is 1. The molecule has 7 heteroatoms. The number of rotatable bonds is 3. The summed E-state index contributed by atoms with van der Waals surface area (Å²) in [4.78, 5) is 15.4. The van der Waals surface area contributed by atoms with Crippen LogP contribution in [0.3, 0.4) is 0 Å². The van der Waals surface area contributed by atoms with E-state index in [1.165, 1.54) is 0 Å². The first-order chi connectivity index (χ1) is 9.86. The van der Waals surface area contributed by atoms with Gasteiger partial charge in [-0.1, -0.05) is 0 Å². The molecule has 0 unspecified atom stereocenters. The van der Waals surface area contributed by atoms with Gasteiger partial charge in [0.1, 0.15) is 5.69 Å². The van der Waals surface area contributed by atoms with Gasteiger partial charge in [0, 0.05) is 18.8 Å². The molecule has 1 saturated carbocycles. The highest BCUT2D eigenvalue weighted by Gasteiger charge is 2.31. The van der Waals surface area contributed by atoms with Gasteiger partial charge in [0.15, 0.2) is 0 Å². The summed E-state index contributed by atoms with van der Waals surface area (Å²) in [5, 5.41) is 2.72. The van der Waals surface area contributed by atoms with Crippen molar-refractivity contribution in [1.82, 2.24) is 10.3 Å². The van der Waals surface area contributed by atoms with Gasteiger partial charge in [-0.3, -0.25) is 9.78 Å². The Bertz CT molecular complexity index is 479. The minimum atomic E-state index is -4.44. The van der Waals surface area contributed by atoms with Gasteiger partial charge in [0.25, 0.3) is 5.91 Å². The van der Waals surface area contributed by atoms with E-state index in [1.54, 1.807) is 0 Å². The Morgan fingerprint density at radius 3 is 2.48 bits per heavy atom. The molecule has 0 radical (unpaired) electrons. The number of halogens is 3. The number of nitrogens with one attached hydrogen (secondary N) is 1. The molecular weight excluding hydrogens is 283 g/mol. The van der Waals surface area contributed by atoms with Gasteiger partial charge in [0.05, 0.1) is 5.56 Å². The SMILES string of the molecule is NC1CCC(CNC(=O)c2ccc(C(F)(F)F)cn2)CC1. The maximum atomic E-state index is 12.4. The zero-order valence-corrected chi connectivity index (χ0v) is 11.5. The molecule has 1 aromatic rings. The van der Waals surface area contributed by atoms with Crippen LogP contribution < -0.4 is 11.1 Å². The molecular formula is C14H18F3N3O. The summed E-state index contributed by atoms with van der Waals surface area (Å²) in [6.45, 7) is 0.508. The standard InChI is InChI=1S/C14H18F3N3O/c15-14(16,17)10-3-6-12(19-8-10)13(21)20-7-9-1-4-11(18)5-2-9/h3,6,8-9,11H,1-2,4-5,7,18H2,(H,20,21). The summed E-state index contributed by atoms with van der Waals surface area (Å²) in [6.07, 6.45) is 0.0410. The van der Waals surface area contributed by atoms with E-state index in [4.69, 9.17) is 5.73 Å². The van der Waals surface area contributed by atoms with Crippen LogP contribution in [0.15, 0.2) is 18.3 Å². The number of nitrogens with zero attached hydrogens (tertiary/aromatic N) is 1. The van der Waals surface area contributed by atoms with Gasteiger partial charge in [-0.2, -0.15) is 13.2 Å². The van der Waals surface area contributed by atoms with Crippen LogP contribution in [-0.4, -0.2) is 23.5 Å². The van der Waals surface area contributed by atoms with E-state index in [2.05, 4.69) is 10.3 Å². The fourth-order valence-corrected chi connectivity index (χ4v) is 2.42. The van der Waals surface area contributed by atoms with Crippen molar-refractivity contribution < 1.29 is 18.0 Å². The van der Waals surface area contributed by atoms with Crippen molar-refractivity contribution in [2.24, 2.45) is 11.7 Å². The molecule has 0 aliphatic heterocycles. The van der Waals surface area contributed by atoms with Crippen molar-refractivity contribution in [2.45, 2.75) is 37.9 Å². The van der Waals surface area contributed by atoms with E-state index < -0.39 is 17.6 Å². The molecule has 1 aliphatic rings. The molecule has 2 rings (SSSR count). The van der Waals surface area contributed by atoms with Crippen LogP contribution in [0, 0.1) is 5.92 Å². The van der Waals surface area contributed by atoms with Gasteiger partial charge in [-0.05, 0) is 43.7 Å². The third-order valence-electron chi connectivity index (χ3n) is 3.77. The van der Waals surface area contributed by atoms with E-state index in [1.807, 2.05) is 0 Å². The summed E-state index contributed by atoms with van der Waals surface area (Å²) in [6, 6.07) is 2.20. The number of carbonyl (C=O) groups excluding carboxylic acids is 1. The highest BCUT2D eigenvalue weighted by Crippen LogP contribution is 2.28. The molecule has 0 atom stereocenters. The zero-order valence-electron chi connectivity index (χ0n) is 11.5. The lowest BCUT2D eigenvalue weighted by molar-refractivity contribution is -0.137. The van der Waals surface area contributed by atoms with Crippen LogP contribution in [0.4, 0.5) is 13.2 Å². The normalized spacial score (nSPS) is 22.9. The Morgan fingerprint density at radius 1 is 1.29 bits per heavy atom. The molecule has 1 heterocycles. The molecule has 116 valence electrons. The van der Waals surface area contributed by atoms with Crippen LogP contribution in [0.25, 0.3) is 0 Å². The Balaban J connectivity index is 1.86. The smallest absolute Gasteiger partial charge is 0.350 e. The zero-order chi connectivity index (χ0) is 15.5. The highest BCUT2D eigenvalue weighted by atomic mass is 19.4. The fourth-order valence-electron chi connectivity index (χ4n) is 2.42. The maximum absolute atomic E-state index is 12.4. The monoisotopic (exact) mass is 301 g/mol. The number of alkyl halides is 3. The lowest BCUT2D eigenvalue weighted by Gasteiger charge is -2.26. The largest absolute Gasteiger partial charge is 0.417 e. The first kappa shape index (κ1) is 15.8. The molecule has 3 N–H and O–H groups in total. The second-order valence-electron chi connectivity index (χ2n) is 5.42. The van der Waals surface area contributed by atoms with Crippen molar-refractivity contribution >= 4 is 5.91 Å². The Hall–Kier alpha value is -1.63. The molecule has 0 saturated heterocycles. The van der Waals surface area contributed by atoms with E-state index in [0.29, 0.717) is 18.7 Å². The van der Waals surface area contributed by atoms with Gasteiger partial charge < -0.3 is 11.1 Å². The van der Waals surface area contributed by atoms with Gasteiger partial charge in [-0.25, -0.2) is 0 Å². The third-order valence-corrected chi connectivity index (χ3v) is 3.77. The van der Waals surface area contributed by atoms with E-state index in [9.17, 15) is 18.0 Å². The van der Waals surface area contributed by atoms with Crippen LogP contribution in [0.5, 0.6) is 0 Å². The Morgan fingerprint density at radius 2 is 1.95 bits per heavy atom. The molecule has 1 amide bonds. The molecule has 21 heavy (non-hydrogen) atoms. The van der Waals surface area contributed by atoms with Crippen molar-refractivity contribution in [3.63, 3.8) is 0 Å². The molecule has 1 fully saturated rings. The molecule has 0 spiro atoms. The predicted octanol–water partition coefficient (Wildman–Crippen LogP) is 2.35. The number of aromatic nitrogens is 1. The van der Waals surface area contributed by atoms with E-state index in [0.717, 1.165) is 37.8 Å². The topological polar surface area (TPSA) is 68.0 Å². The summed E-state index contributed by atoms with van der Waals surface area (Å²) in [7, 11) is 0. The fraction of sp³-hybridized carbons (Fsp3) is 0.571. The van der Waals surface area contributed by atoms with Crippen LogP contribution in [-0.2, 0) is 6.18 Å². The third kappa shape index (κ3) is 4.42. The molecule has 1 aliphatic carbocycles. The van der Waals surface area contributed by atoms with Crippen molar-refractivity contribution in [3.8, 4) is 0 Å². The number of carbonyl (C=O) groups is 1. The maximum Gasteiger partial charge on any atom is 0.417 e. The quantitative estimate of drug-likeness (QED) is 0.900. The first-order valence-electron chi connectivity index (χ1n) is 6.93. The Kier molecular flexibility index (Phi) is 4.82. The molecule has 0 aromatic carbocycles. The average molecular weight is 301 g/mol. The van der Waals surface area contributed by atoms with Crippen LogP contribution >= 0.6 is 0 Å². The summed E-state index contributed by atoms with van der Waals surface area (Å²) in [5.74, 6) is -0.0678. The first-order valence-corrected chi connectivity index (χ1v) is 6.93. The minimum Gasteiger partial charge on any atom is -0.350 e.